The molecule has 0 atom stereocenters. The summed E-state index contributed by atoms with van der Waals surface area (Å²) < 4.78 is 0. The molecule has 4 nitrogen and oxygen atoms in total. The predicted molar refractivity (Wildman–Crippen MR) is 88.0 cm³/mol. The fourth-order valence-corrected chi connectivity index (χ4v) is 2.92. The molecule has 3 N–H and O–H groups in total. The van der Waals surface area contributed by atoms with Crippen molar-refractivity contribution >= 4 is 33.3 Å². The van der Waals surface area contributed by atoms with Gasteiger partial charge in [0.1, 0.15) is 0 Å². The number of rotatable bonds is 3. The Balaban J connectivity index is 1.67. The van der Waals surface area contributed by atoms with Crippen molar-refractivity contribution in [2.24, 2.45) is 0 Å². The summed E-state index contributed by atoms with van der Waals surface area (Å²) in [6.45, 7) is 4.69. The van der Waals surface area contributed by atoms with Crippen LogP contribution in [0.1, 0.15) is 16.8 Å². The lowest BCUT2D eigenvalue weighted by Gasteiger charge is -2.06. The molecule has 1 aromatic carbocycles. The standard InChI is InChI=1S/C16H17N3OS/c1-10-11(2)18-14-6-5-12(8-13(10)14)9-17-16(20)19-15-4-3-7-21-15/h3-8,18H,9H2,1-2H3,(H2,17,19,20). The van der Waals surface area contributed by atoms with Gasteiger partial charge >= 0.3 is 6.03 Å². The van der Waals surface area contributed by atoms with Crippen molar-refractivity contribution in [3.8, 4) is 0 Å². The van der Waals surface area contributed by atoms with Gasteiger partial charge < -0.3 is 10.3 Å². The number of fused-ring (bicyclic) bond motifs is 1. The van der Waals surface area contributed by atoms with E-state index in [1.807, 2.05) is 23.6 Å². The molecule has 0 aliphatic heterocycles. The Labute approximate surface area is 127 Å². The quantitative estimate of drug-likeness (QED) is 0.668. The molecule has 0 aliphatic rings. The number of urea groups is 1. The van der Waals surface area contributed by atoms with E-state index in [0.717, 1.165) is 16.1 Å². The lowest BCUT2D eigenvalue weighted by molar-refractivity contribution is 0.252. The smallest absolute Gasteiger partial charge is 0.320 e. The van der Waals surface area contributed by atoms with Gasteiger partial charge in [-0.3, -0.25) is 5.32 Å². The average molecular weight is 299 g/mol. The molecule has 0 spiro atoms. The van der Waals surface area contributed by atoms with E-state index < -0.39 is 0 Å². The van der Waals surface area contributed by atoms with Crippen LogP contribution in [0.3, 0.4) is 0 Å². The summed E-state index contributed by atoms with van der Waals surface area (Å²) in [5.74, 6) is 0. The van der Waals surface area contributed by atoms with Crippen LogP contribution in [0.2, 0.25) is 0 Å². The minimum Gasteiger partial charge on any atom is -0.358 e. The summed E-state index contributed by atoms with van der Waals surface area (Å²) in [4.78, 5) is 15.1. The molecule has 3 aromatic rings. The number of carbonyl (C=O) groups excluding carboxylic acids is 1. The molecule has 0 saturated heterocycles. The zero-order valence-electron chi connectivity index (χ0n) is 12.0. The molecule has 2 heterocycles. The van der Waals surface area contributed by atoms with Crippen LogP contribution in [0.25, 0.3) is 10.9 Å². The van der Waals surface area contributed by atoms with Crippen molar-refractivity contribution in [3.05, 3.63) is 52.5 Å². The Morgan fingerprint density at radius 2 is 2.14 bits per heavy atom. The number of aryl methyl sites for hydroxylation is 2. The van der Waals surface area contributed by atoms with Crippen molar-refractivity contribution in [1.29, 1.82) is 0 Å². The zero-order chi connectivity index (χ0) is 14.8. The van der Waals surface area contributed by atoms with Crippen LogP contribution < -0.4 is 10.6 Å². The first-order valence-corrected chi connectivity index (χ1v) is 7.67. The maximum absolute atomic E-state index is 11.8. The number of anilines is 1. The van der Waals surface area contributed by atoms with Gasteiger partial charge in [-0.15, -0.1) is 11.3 Å². The van der Waals surface area contributed by atoms with Crippen LogP contribution >= 0.6 is 11.3 Å². The van der Waals surface area contributed by atoms with Crippen molar-refractivity contribution in [1.82, 2.24) is 10.3 Å². The fraction of sp³-hybridized carbons (Fsp3) is 0.188. The molecule has 0 aliphatic carbocycles. The second-order valence-electron chi connectivity index (χ2n) is 5.04. The SMILES string of the molecule is Cc1[nH]c2ccc(CNC(=O)Nc3cccs3)cc2c1C. The van der Waals surface area contributed by atoms with Gasteiger partial charge in [-0.25, -0.2) is 4.79 Å². The monoisotopic (exact) mass is 299 g/mol. The van der Waals surface area contributed by atoms with Crippen LogP contribution in [-0.4, -0.2) is 11.0 Å². The normalized spacial score (nSPS) is 10.8. The molecule has 108 valence electrons. The highest BCUT2D eigenvalue weighted by Crippen LogP contribution is 2.22. The third kappa shape index (κ3) is 2.92. The highest BCUT2D eigenvalue weighted by molar-refractivity contribution is 7.14. The van der Waals surface area contributed by atoms with E-state index in [1.165, 1.54) is 28.0 Å². The van der Waals surface area contributed by atoms with E-state index in [9.17, 15) is 4.79 Å². The maximum Gasteiger partial charge on any atom is 0.320 e. The number of amides is 2. The summed E-state index contributed by atoms with van der Waals surface area (Å²) >= 11 is 1.50. The van der Waals surface area contributed by atoms with Crippen molar-refractivity contribution < 1.29 is 4.79 Å². The van der Waals surface area contributed by atoms with Crippen molar-refractivity contribution in [2.75, 3.05) is 5.32 Å². The molecular formula is C16H17N3OS. The summed E-state index contributed by atoms with van der Waals surface area (Å²) in [6, 6.07) is 9.82. The van der Waals surface area contributed by atoms with Crippen LogP contribution in [0.5, 0.6) is 0 Å². The number of hydrogen-bond donors (Lipinski definition) is 3. The van der Waals surface area contributed by atoms with Crippen LogP contribution in [0.4, 0.5) is 9.80 Å². The van der Waals surface area contributed by atoms with Gasteiger partial charge in [-0.05, 0) is 54.6 Å². The zero-order valence-corrected chi connectivity index (χ0v) is 12.8. The first-order valence-electron chi connectivity index (χ1n) is 6.79. The molecule has 2 amide bonds. The van der Waals surface area contributed by atoms with Crippen molar-refractivity contribution in [2.45, 2.75) is 20.4 Å². The van der Waals surface area contributed by atoms with Crippen LogP contribution in [0, 0.1) is 13.8 Å². The molecule has 21 heavy (non-hydrogen) atoms. The minimum atomic E-state index is -0.181. The number of carbonyl (C=O) groups is 1. The summed E-state index contributed by atoms with van der Waals surface area (Å²) in [5.41, 5.74) is 4.67. The van der Waals surface area contributed by atoms with E-state index in [4.69, 9.17) is 0 Å². The average Bonchev–Trinajstić information content (AvgIpc) is 3.07. The van der Waals surface area contributed by atoms with Gasteiger partial charge in [0.2, 0.25) is 0 Å². The van der Waals surface area contributed by atoms with E-state index in [1.54, 1.807) is 0 Å². The second-order valence-corrected chi connectivity index (χ2v) is 5.99. The Morgan fingerprint density at radius 3 is 2.90 bits per heavy atom. The third-order valence-electron chi connectivity index (χ3n) is 3.58. The fourth-order valence-electron chi connectivity index (χ4n) is 2.31. The van der Waals surface area contributed by atoms with E-state index in [0.29, 0.717) is 6.54 Å². The first-order chi connectivity index (χ1) is 10.1. The number of aromatic nitrogens is 1. The third-order valence-corrected chi connectivity index (χ3v) is 4.37. The number of thiophene rings is 1. The molecule has 0 saturated carbocycles. The lowest BCUT2D eigenvalue weighted by Crippen LogP contribution is -2.27. The summed E-state index contributed by atoms with van der Waals surface area (Å²) in [7, 11) is 0. The van der Waals surface area contributed by atoms with Gasteiger partial charge in [-0.1, -0.05) is 6.07 Å². The van der Waals surface area contributed by atoms with Gasteiger partial charge in [0.15, 0.2) is 0 Å². The molecule has 5 heteroatoms. The van der Waals surface area contributed by atoms with Gasteiger partial charge in [0, 0.05) is 23.1 Å². The van der Waals surface area contributed by atoms with E-state index in [-0.39, 0.29) is 6.03 Å². The minimum absolute atomic E-state index is 0.181. The molecule has 0 unspecified atom stereocenters. The lowest BCUT2D eigenvalue weighted by atomic mass is 10.1. The highest BCUT2D eigenvalue weighted by Gasteiger charge is 2.06. The van der Waals surface area contributed by atoms with Crippen LogP contribution in [-0.2, 0) is 6.54 Å². The summed E-state index contributed by atoms with van der Waals surface area (Å²) in [6.07, 6.45) is 0. The highest BCUT2D eigenvalue weighted by atomic mass is 32.1. The van der Waals surface area contributed by atoms with Gasteiger partial charge in [-0.2, -0.15) is 0 Å². The maximum atomic E-state index is 11.8. The van der Waals surface area contributed by atoms with E-state index in [2.05, 4.69) is 41.6 Å². The van der Waals surface area contributed by atoms with Gasteiger partial charge in [0.05, 0.1) is 5.00 Å². The molecule has 0 radical (unpaired) electrons. The van der Waals surface area contributed by atoms with Crippen molar-refractivity contribution in [3.63, 3.8) is 0 Å². The topological polar surface area (TPSA) is 56.9 Å². The Bertz CT molecular complexity index is 774. The molecule has 0 bridgehead atoms. The predicted octanol–water partition coefficient (Wildman–Crippen LogP) is 4.17. The Hall–Kier alpha value is -2.27. The summed E-state index contributed by atoms with van der Waals surface area (Å²) in [5, 5.41) is 9.67. The number of aromatic amines is 1. The number of H-pyrrole nitrogens is 1. The molecular weight excluding hydrogens is 282 g/mol. The number of hydrogen-bond acceptors (Lipinski definition) is 2. The Kier molecular flexibility index (Phi) is 3.66. The molecule has 2 aromatic heterocycles. The first kappa shape index (κ1) is 13.7. The number of nitrogens with one attached hydrogen (secondary N) is 3. The van der Waals surface area contributed by atoms with Crippen LogP contribution in [0.15, 0.2) is 35.7 Å². The Morgan fingerprint density at radius 1 is 1.29 bits per heavy atom. The van der Waals surface area contributed by atoms with E-state index >= 15 is 0 Å². The number of benzene rings is 1. The molecule has 0 fully saturated rings. The second kappa shape index (κ2) is 5.61. The molecule has 3 rings (SSSR count). The largest absolute Gasteiger partial charge is 0.358 e. The van der Waals surface area contributed by atoms with Gasteiger partial charge in [0.25, 0.3) is 0 Å².